The van der Waals surface area contributed by atoms with E-state index < -0.39 is 301 Å². The molecular formula is C73H116N18O28. The van der Waals surface area contributed by atoms with Crippen molar-refractivity contribution < 1.29 is 137 Å². The smallest absolute Gasteiger partial charge is 0.328 e. The zero-order valence-corrected chi connectivity index (χ0v) is 66.5. The molecule has 2 heterocycles. The third-order valence-electron chi connectivity index (χ3n) is 19.8. The lowest BCUT2D eigenvalue weighted by Gasteiger charge is -2.40. The Balaban J connectivity index is 1.52. The molecule has 0 aromatic heterocycles. The van der Waals surface area contributed by atoms with E-state index in [4.69, 9.17) is 32.4 Å². The van der Waals surface area contributed by atoms with Gasteiger partial charge in [0, 0.05) is 38.8 Å². The molecule has 119 heavy (non-hydrogen) atoms. The number of rotatable bonds is 52. The summed E-state index contributed by atoms with van der Waals surface area (Å²) in [5, 5.41) is 111. The maximum Gasteiger partial charge on any atom is 0.328 e. The highest BCUT2D eigenvalue weighted by Gasteiger charge is 2.46. The molecule has 2 aliphatic heterocycles. The van der Waals surface area contributed by atoms with Gasteiger partial charge in [-0.1, -0.05) is 49.1 Å². The van der Waals surface area contributed by atoms with Crippen LogP contribution in [0.4, 0.5) is 0 Å². The van der Waals surface area contributed by atoms with Crippen molar-refractivity contribution in [2.24, 2.45) is 28.9 Å². The van der Waals surface area contributed by atoms with Crippen LogP contribution in [0.2, 0.25) is 0 Å². The summed E-state index contributed by atoms with van der Waals surface area (Å²) in [6.07, 6.45) is -11.9. The van der Waals surface area contributed by atoms with E-state index in [1.165, 1.54) is 6.92 Å². The summed E-state index contributed by atoms with van der Waals surface area (Å²) in [6.45, 7) is -0.938. The molecule has 666 valence electrons. The Hall–Kier alpha value is -10.7. The number of benzene rings is 1. The van der Waals surface area contributed by atoms with Gasteiger partial charge in [-0.15, -0.1) is 0 Å². The second-order valence-electron chi connectivity index (χ2n) is 29.2. The van der Waals surface area contributed by atoms with Gasteiger partial charge in [0.1, 0.15) is 78.8 Å². The van der Waals surface area contributed by atoms with Gasteiger partial charge < -0.3 is 147 Å². The molecule has 0 spiro atoms. The fourth-order valence-electron chi connectivity index (χ4n) is 13.2. The Bertz CT molecular complexity index is 3670. The number of carbonyl (C=O) groups excluding carboxylic acids is 15. The fraction of sp³-hybridized carbons (Fsp3) is 0.671. The molecule has 0 radical (unpaired) electrons. The van der Waals surface area contributed by atoms with Gasteiger partial charge in [0.25, 0.3) is 0 Å². The molecule has 3 fully saturated rings. The van der Waals surface area contributed by atoms with E-state index in [1.807, 2.05) is 5.32 Å². The van der Waals surface area contributed by atoms with Crippen molar-refractivity contribution in [2.75, 3.05) is 59.0 Å². The minimum absolute atomic E-state index is 0.0306. The number of likely N-dealkylation sites (tertiary alicyclic amines) is 1. The molecule has 0 unspecified atom stereocenters. The van der Waals surface area contributed by atoms with Crippen LogP contribution in [0.1, 0.15) is 141 Å². The molecule has 46 heteroatoms. The number of aryl methyl sites for hydroxylation is 1. The highest BCUT2D eigenvalue weighted by molar-refractivity contribution is 5.99. The van der Waals surface area contributed by atoms with Gasteiger partial charge in [-0.25, -0.2) is 4.79 Å². The molecule has 17 atom stereocenters. The number of nitrogens with one attached hydrogen (secondary N) is 13. The number of amides is 15. The van der Waals surface area contributed by atoms with Crippen LogP contribution < -0.4 is 92.1 Å². The first-order chi connectivity index (χ1) is 56.3. The van der Waals surface area contributed by atoms with E-state index in [0.29, 0.717) is 24.8 Å². The van der Waals surface area contributed by atoms with Crippen molar-refractivity contribution in [2.45, 2.75) is 246 Å². The highest BCUT2D eigenvalue weighted by Crippen LogP contribution is 2.28. The highest BCUT2D eigenvalue weighted by atomic mass is 16.7. The van der Waals surface area contributed by atoms with Gasteiger partial charge in [-0.3, -0.25) is 81.5 Å². The number of aliphatic hydroxyl groups excluding tert-OH is 5. The number of unbranched alkanes of at least 4 members (excludes halogenated alkanes) is 1. The largest absolute Gasteiger partial charge is 0.481 e. The standard InChI is InChI=1S/C73H116N18O28/c1-36-11-9-12-39(27-36)28-47(85-54(98)31-78-63(107)37(2)82-71(115)59(89-51(95)30-76)40-13-5-4-6-14-40)69(113)87-43(18-17-41(29-75)118-73-62(106)61(105)60(104)49(35-92)119-73)65(109)80-33-52(96)83-45(20-23-56(100)101)67(111)86-44(19-22-50(77)94)66(110)81-34-55(99)91-26-10-16-48(91)70(114)88-42(15-7-8-25-74)64(108)79-32-53(97)84-46(21-24-57(102)103)68(112)90-58(38(3)93)72(116)117/h9,11-12,27,37-38,40-49,58-62,73,92-93,104-106H,4-8,10,13-26,28-35,74-76H2,1-3H3,(H2,77,94)(H,78,107)(H,79,108)(H,80,109)(H,81,110)(H,82,115)(H,83,96)(H,84,97)(H,85,98)(H,86,111)(H,87,113)(H,88,114)(H,89,95)(H,90,112)(H,100,101)(H,102,103)(H,116,117)/t37-,38+,41+,42-,43-,44-,45-,46-,47-,48-,49+,58-,59-,60-,61-,62+,73+/m0/s1. The third-order valence-corrected chi connectivity index (χ3v) is 19.8. The van der Waals surface area contributed by atoms with E-state index in [9.17, 15) is 127 Å². The van der Waals surface area contributed by atoms with Gasteiger partial charge in [-0.2, -0.15) is 0 Å². The van der Waals surface area contributed by atoms with Crippen LogP contribution >= 0.6 is 0 Å². The van der Waals surface area contributed by atoms with Crippen LogP contribution in [0, 0.1) is 12.8 Å². The molecule has 0 bridgehead atoms. The number of ether oxygens (including phenoxy) is 2. The molecule has 1 aliphatic carbocycles. The van der Waals surface area contributed by atoms with Crippen LogP contribution in [0.25, 0.3) is 0 Å². The molecular weight excluding hydrogens is 1580 g/mol. The van der Waals surface area contributed by atoms with E-state index in [0.717, 1.165) is 36.6 Å². The molecule has 2 saturated heterocycles. The monoisotopic (exact) mass is 1690 g/mol. The normalized spacial score (nSPS) is 19.9. The lowest BCUT2D eigenvalue weighted by atomic mass is 9.83. The molecule has 1 saturated carbocycles. The van der Waals surface area contributed by atoms with Crippen molar-refractivity contribution in [1.29, 1.82) is 0 Å². The van der Waals surface area contributed by atoms with Gasteiger partial charge in [0.05, 0.1) is 51.5 Å². The topological polar surface area (TPSA) is 751 Å². The summed E-state index contributed by atoms with van der Waals surface area (Å²) >= 11 is 0. The fourth-order valence-corrected chi connectivity index (χ4v) is 13.2. The number of carboxylic acids is 3. The number of nitrogens with zero attached hydrogens (tertiary/aromatic N) is 1. The molecule has 4 rings (SSSR count). The average molecular weight is 1690 g/mol. The summed E-state index contributed by atoms with van der Waals surface area (Å²) in [4.78, 5) is 240. The summed E-state index contributed by atoms with van der Waals surface area (Å²) in [5.41, 5.74) is 23.9. The second-order valence-corrected chi connectivity index (χ2v) is 29.2. The number of aliphatic carboxylic acids is 3. The van der Waals surface area contributed by atoms with Crippen molar-refractivity contribution in [1.82, 2.24) is 74.0 Å². The zero-order valence-electron chi connectivity index (χ0n) is 66.5. The average Bonchev–Trinajstić information content (AvgIpc) is 0.980. The first kappa shape index (κ1) is 101. The minimum Gasteiger partial charge on any atom is -0.481 e. The molecule has 15 amide bonds. The Morgan fingerprint density at radius 1 is 0.538 bits per heavy atom. The van der Waals surface area contributed by atoms with Crippen molar-refractivity contribution in [3.63, 3.8) is 0 Å². The number of nitrogens with two attached hydrogens (primary N) is 4. The Labute approximate surface area is 684 Å². The van der Waals surface area contributed by atoms with E-state index in [1.54, 1.807) is 31.2 Å². The van der Waals surface area contributed by atoms with Gasteiger partial charge in [0.15, 0.2) is 12.3 Å². The summed E-state index contributed by atoms with van der Waals surface area (Å²) in [7, 11) is 0. The van der Waals surface area contributed by atoms with Crippen molar-refractivity contribution >= 4 is 107 Å². The summed E-state index contributed by atoms with van der Waals surface area (Å²) in [6, 6.07) is -8.64. The summed E-state index contributed by atoms with van der Waals surface area (Å²) < 4.78 is 11.3. The quantitative estimate of drug-likeness (QED) is 0.0269. The first-order valence-electron chi connectivity index (χ1n) is 39.2. The first-order valence-corrected chi connectivity index (χ1v) is 39.2. The predicted octanol–water partition coefficient (Wildman–Crippen LogP) is -10.6. The maximum atomic E-state index is 14.7. The van der Waals surface area contributed by atoms with Crippen LogP contribution in [0.3, 0.4) is 0 Å². The van der Waals surface area contributed by atoms with Crippen molar-refractivity contribution in [3.05, 3.63) is 35.4 Å². The predicted molar refractivity (Wildman–Crippen MR) is 412 cm³/mol. The number of carboxylic acid groups (broad SMARTS) is 3. The second kappa shape index (κ2) is 51.6. The Morgan fingerprint density at radius 3 is 1.58 bits per heavy atom. The van der Waals surface area contributed by atoms with Crippen LogP contribution in [-0.4, -0.2) is 315 Å². The summed E-state index contributed by atoms with van der Waals surface area (Å²) in [5.74, 6) is -19.4. The minimum atomic E-state index is -1.91. The van der Waals surface area contributed by atoms with E-state index in [-0.39, 0.29) is 57.5 Å². The van der Waals surface area contributed by atoms with E-state index in [2.05, 4.69) is 63.8 Å². The Kier molecular flexibility index (Phi) is 43.6. The SMILES string of the molecule is Cc1cccc(C[C@H](NC(=O)CNC(=O)[C@H](C)NC(=O)[C@@H](NC(=O)CN)C2CCCCC2)C(=O)N[C@@H](CC[C@H](CN)O[C@@H]2O[C@H](CO)[C@H](O)[C@H](O)[C@H]2O)C(=O)NCC(=O)N[C@@H](CCC(=O)O)C(=O)N[C@@H](CCC(N)=O)C(=O)NCC(=O)N2CCC[C@H]2C(=O)N[C@@H](CCCCN)C(=O)NCC(=O)N[C@@H](CCC(=O)O)C(=O)N[C@H](C(=O)O)[C@@H](C)O)c1. The van der Waals surface area contributed by atoms with Gasteiger partial charge in [-0.05, 0) is 116 Å². The van der Waals surface area contributed by atoms with E-state index >= 15 is 0 Å². The lowest BCUT2D eigenvalue weighted by molar-refractivity contribution is -0.310. The van der Waals surface area contributed by atoms with Crippen LogP contribution in [-0.2, 0) is 102 Å². The number of aliphatic hydroxyl groups is 5. The van der Waals surface area contributed by atoms with Gasteiger partial charge >= 0.3 is 17.9 Å². The molecule has 3 aliphatic rings. The molecule has 1 aromatic carbocycles. The number of hydrogen-bond donors (Lipinski definition) is 25. The zero-order chi connectivity index (χ0) is 88.8. The van der Waals surface area contributed by atoms with Crippen LogP contribution in [0.15, 0.2) is 24.3 Å². The Morgan fingerprint density at radius 2 is 1.06 bits per heavy atom. The van der Waals surface area contributed by atoms with Gasteiger partial charge in [0.2, 0.25) is 88.6 Å². The molecule has 1 aromatic rings. The number of primary amides is 1. The molecule has 29 N–H and O–H groups in total. The molecule has 46 nitrogen and oxygen atoms in total. The van der Waals surface area contributed by atoms with Crippen molar-refractivity contribution in [3.8, 4) is 0 Å². The third kappa shape index (κ3) is 35.0. The van der Waals surface area contributed by atoms with Crippen LogP contribution in [0.5, 0.6) is 0 Å². The lowest BCUT2D eigenvalue weighted by Crippen LogP contribution is -2.60. The number of hydrogen-bond acceptors (Lipinski definition) is 28. The maximum absolute atomic E-state index is 14.7. The number of carbonyl (C=O) groups is 18.